The van der Waals surface area contributed by atoms with E-state index in [4.69, 9.17) is 9.47 Å². The summed E-state index contributed by atoms with van der Waals surface area (Å²) in [5.74, 6) is 0.545. The van der Waals surface area contributed by atoms with Crippen LogP contribution in [0.15, 0.2) is 24.3 Å². The van der Waals surface area contributed by atoms with E-state index >= 15 is 0 Å². The van der Waals surface area contributed by atoms with Gasteiger partial charge in [0.05, 0.1) is 14.2 Å². The zero-order valence-corrected chi connectivity index (χ0v) is 12.3. The summed E-state index contributed by atoms with van der Waals surface area (Å²) >= 11 is 0. The van der Waals surface area contributed by atoms with Crippen LogP contribution in [0.4, 0.5) is 0 Å². The second-order valence-electron chi connectivity index (χ2n) is 4.96. The van der Waals surface area contributed by atoms with Crippen LogP contribution in [-0.2, 0) is 9.53 Å². The Morgan fingerprint density at radius 1 is 1.32 bits per heavy atom. The molecule has 0 amide bonds. The highest BCUT2D eigenvalue weighted by molar-refractivity contribution is 5.79. The van der Waals surface area contributed by atoms with Gasteiger partial charge in [0.25, 0.3) is 0 Å². The maximum absolute atomic E-state index is 11.8. The highest BCUT2D eigenvalue weighted by Gasteiger charge is 2.31. The van der Waals surface area contributed by atoms with Crippen molar-refractivity contribution in [3.05, 3.63) is 29.8 Å². The molecule has 4 heteroatoms. The number of carbonyl (C=O) groups excluding carboxylic acids is 1. The molecule has 0 aliphatic carbocycles. The van der Waals surface area contributed by atoms with Gasteiger partial charge in [0.15, 0.2) is 0 Å². The van der Waals surface area contributed by atoms with Gasteiger partial charge in [-0.05, 0) is 26.3 Å². The molecule has 4 nitrogen and oxygen atoms in total. The van der Waals surface area contributed by atoms with Crippen LogP contribution in [0.25, 0.3) is 0 Å². The number of ether oxygens (including phenoxy) is 2. The van der Waals surface area contributed by atoms with Crippen LogP contribution in [0, 0.1) is 0 Å². The van der Waals surface area contributed by atoms with E-state index in [1.807, 2.05) is 38.1 Å². The summed E-state index contributed by atoms with van der Waals surface area (Å²) in [6.07, 6.45) is 0.848. The Morgan fingerprint density at radius 3 is 2.47 bits per heavy atom. The molecule has 0 radical (unpaired) electrons. The average Bonchev–Trinajstić information content (AvgIpc) is 2.43. The highest BCUT2D eigenvalue weighted by Crippen LogP contribution is 2.28. The third kappa shape index (κ3) is 3.70. The fraction of sp³-hybridized carbons (Fsp3) is 0.533. The molecule has 0 bridgehead atoms. The monoisotopic (exact) mass is 265 g/mol. The van der Waals surface area contributed by atoms with Crippen molar-refractivity contribution in [2.75, 3.05) is 14.2 Å². The molecule has 106 valence electrons. The van der Waals surface area contributed by atoms with Crippen LogP contribution in [0.1, 0.15) is 38.8 Å². The van der Waals surface area contributed by atoms with Crippen LogP contribution >= 0.6 is 0 Å². The van der Waals surface area contributed by atoms with E-state index < -0.39 is 5.54 Å². The fourth-order valence-corrected chi connectivity index (χ4v) is 2.10. The van der Waals surface area contributed by atoms with Gasteiger partial charge >= 0.3 is 5.97 Å². The Kier molecular flexibility index (Phi) is 5.36. The van der Waals surface area contributed by atoms with Crippen molar-refractivity contribution < 1.29 is 14.3 Å². The number of carbonyl (C=O) groups is 1. The Hall–Kier alpha value is -1.55. The van der Waals surface area contributed by atoms with Gasteiger partial charge in [0, 0.05) is 11.6 Å². The van der Waals surface area contributed by atoms with Gasteiger partial charge in [-0.15, -0.1) is 0 Å². The van der Waals surface area contributed by atoms with Gasteiger partial charge in [0.1, 0.15) is 11.3 Å². The Bertz CT molecular complexity index is 429. The lowest BCUT2D eigenvalue weighted by Gasteiger charge is -2.30. The molecular weight excluding hydrogens is 242 g/mol. The third-order valence-corrected chi connectivity index (χ3v) is 3.15. The Balaban J connectivity index is 2.98. The van der Waals surface area contributed by atoms with Crippen LogP contribution in [0.5, 0.6) is 5.75 Å². The van der Waals surface area contributed by atoms with Crippen LogP contribution in [0.3, 0.4) is 0 Å². The van der Waals surface area contributed by atoms with E-state index in [0.717, 1.165) is 17.7 Å². The minimum Gasteiger partial charge on any atom is -0.496 e. The summed E-state index contributed by atoms with van der Waals surface area (Å²) < 4.78 is 10.2. The first kappa shape index (κ1) is 15.5. The molecule has 0 saturated carbocycles. The van der Waals surface area contributed by atoms with E-state index in [2.05, 4.69) is 12.2 Å². The normalized spacial score (nSPS) is 12.9. The number of benzene rings is 1. The Labute approximate surface area is 115 Å². The number of hydrogen-bond donors (Lipinski definition) is 1. The standard InChI is InChI=1S/C15H23NO3/c1-6-12(16-15(2,3)14(17)19-5)11-9-7-8-10-13(11)18-4/h7-10,12,16H,6H2,1-5H3. The summed E-state index contributed by atoms with van der Waals surface area (Å²) in [6.45, 7) is 5.70. The van der Waals surface area contributed by atoms with Crippen molar-refractivity contribution in [1.82, 2.24) is 5.32 Å². The predicted octanol–water partition coefficient (Wildman–Crippen LogP) is 2.69. The highest BCUT2D eigenvalue weighted by atomic mass is 16.5. The number of methoxy groups -OCH3 is 2. The van der Waals surface area contributed by atoms with Crippen molar-refractivity contribution in [3.63, 3.8) is 0 Å². The number of esters is 1. The maximum atomic E-state index is 11.8. The minimum absolute atomic E-state index is 0.0326. The zero-order valence-electron chi connectivity index (χ0n) is 12.3. The summed E-state index contributed by atoms with van der Waals surface area (Å²) in [5.41, 5.74) is 0.306. The molecule has 0 aliphatic heterocycles. The van der Waals surface area contributed by atoms with E-state index in [-0.39, 0.29) is 12.0 Å². The summed E-state index contributed by atoms with van der Waals surface area (Å²) in [6, 6.07) is 7.86. The van der Waals surface area contributed by atoms with Crippen LogP contribution < -0.4 is 10.1 Å². The molecule has 0 spiro atoms. The summed E-state index contributed by atoms with van der Waals surface area (Å²) in [7, 11) is 3.05. The Morgan fingerprint density at radius 2 is 1.95 bits per heavy atom. The average molecular weight is 265 g/mol. The third-order valence-electron chi connectivity index (χ3n) is 3.15. The molecule has 19 heavy (non-hydrogen) atoms. The minimum atomic E-state index is -0.740. The zero-order chi connectivity index (χ0) is 14.5. The van der Waals surface area contributed by atoms with Crippen molar-refractivity contribution in [1.29, 1.82) is 0 Å². The number of para-hydroxylation sites is 1. The first-order valence-electron chi connectivity index (χ1n) is 6.45. The first-order valence-corrected chi connectivity index (χ1v) is 6.45. The van der Waals surface area contributed by atoms with Crippen LogP contribution in [-0.4, -0.2) is 25.7 Å². The largest absolute Gasteiger partial charge is 0.496 e. The first-order chi connectivity index (χ1) is 8.96. The number of hydrogen-bond acceptors (Lipinski definition) is 4. The van der Waals surface area contributed by atoms with E-state index in [9.17, 15) is 4.79 Å². The topological polar surface area (TPSA) is 47.6 Å². The van der Waals surface area contributed by atoms with E-state index in [0.29, 0.717) is 0 Å². The molecule has 0 fully saturated rings. The molecule has 1 aromatic rings. The molecule has 0 saturated heterocycles. The molecule has 1 N–H and O–H groups in total. The van der Waals surface area contributed by atoms with E-state index in [1.54, 1.807) is 7.11 Å². The van der Waals surface area contributed by atoms with Gasteiger partial charge in [-0.1, -0.05) is 25.1 Å². The maximum Gasteiger partial charge on any atom is 0.325 e. The molecule has 1 unspecified atom stereocenters. The van der Waals surface area contributed by atoms with E-state index in [1.165, 1.54) is 7.11 Å². The summed E-state index contributed by atoms with van der Waals surface area (Å²) in [5, 5.41) is 3.33. The van der Waals surface area contributed by atoms with Gasteiger partial charge in [0.2, 0.25) is 0 Å². The van der Waals surface area contributed by atoms with Crippen molar-refractivity contribution >= 4 is 5.97 Å². The molecule has 0 aliphatic rings. The van der Waals surface area contributed by atoms with Crippen molar-refractivity contribution in [2.24, 2.45) is 0 Å². The van der Waals surface area contributed by atoms with Gasteiger partial charge in [-0.3, -0.25) is 10.1 Å². The quantitative estimate of drug-likeness (QED) is 0.803. The lowest BCUT2D eigenvalue weighted by Crippen LogP contribution is -2.49. The fourth-order valence-electron chi connectivity index (χ4n) is 2.10. The van der Waals surface area contributed by atoms with Gasteiger partial charge < -0.3 is 9.47 Å². The van der Waals surface area contributed by atoms with Crippen molar-refractivity contribution in [2.45, 2.75) is 38.8 Å². The molecular formula is C15H23NO3. The smallest absolute Gasteiger partial charge is 0.325 e. The van der Waals surface area contributed by atoms with Gasteiger partial charge in [-0.2, -0.15) is 0 Å². The summed E-state index contributed by atoms with van der Waals surface area (Å²) in [4.78, 5) is 11.8. The lowest BCUT2D eigenvalue weighted by molar-refractivity contribution is -0.147. The molecule has 1 aromatic carbocycles. The van der Waals surface area contributed by atoms with Gasteiger partial charge in [-0.25, -0.2) is 0 Å². The second-order valence-corrected chi connectivity index (χ2v) is 4.96. The molecule has 0 aromatic heterocycles. The molecule has 1 rings (SSSR count). The molecule has 1 atom stereocenters. The van der Waals surface area contributed by atoms with Crippen LogP contribution in [0.2, 0.25) is 0 Å². The van der Waals surface area contributed by atoms with Crippen molar-refractivity contribution in [3.8, 4) is 5.75 Å². The second kappa shape index (κ2) is 6.57. The molecule has 0 heterocycles. The predicted molar refractivity (Wildman–Crippen MR) is 75.3 cm³/mol. The number of nitrogens with one attached hydrogen (secondary N) is 1. The number of rotatable bonds is 6. The lowest BCUT2D eigenvalue weighted by atomic mass is 9.98. The SMILES string of the molecule is CCC(NC(C)(C)C(=O)OC)c1ccccc1OC.